The maximum Gasteiger partial charge on any atom is 0.139 e. The van der Waals surface area contributed by atoms with Crippen molar-refractivity contribution in [2.75, 3.05) is 9.80 Å². The van der Waals surface area contributed by atoms with Gasteiger partial charge in [0.15, 0.2) is 0 Å². The largest absolute Gasteiger partial charge is 0.456 e. The summed E-state index contributed by atoms with van der Waals surface area (Å²) in [5.74, 6) is 0.752. The van der Waals surface area contributed by atoms with Gasteiger partial charge in [-0.05, 0) is 136 Å². The van der Waals surface area contributed by atoms with Crippen LogP contribution in [0.25, 0.3) is 65.4 Å². The topological polar surface area (TPSA) is 32.8 Å². The second kappa shape index (κ2) is 14.2. The molecule has 0 aliphatic carbocycles. The normalized spacial score (nSPS) is 12.0. The van der Waals surface area contributed by atoms with Gasteiger partial charge in [0, 0.05) is 61.7 Å². The van der Waals surface area contributed by atoms with Crippen LogP contribution in [0.3, 0.4) is 0 Å². The molecule has 4 heteroatoms. The van der Waals surface area contributed by atoms with Crippen molar-refractivity contribution in [3.8, 4) is 0 Å². The first kappa shape index (κ1) is 35.8. The van der Waals surface area contributed by atoms with Crippen LogP contribution in [0.2, 0.25) is 0 Å². The lowest BCUT2D eigenvalue weighted by atomic mass is 9.99. The molecule has 0 amide bonds. The van der Waals surface area contributed by atoms with Crippen LogP contribution in [0, 0.1) is 0 Å². The lowest BCUT2D eigenvalue weighted by Gasteiger charge is -2.29. The van der Waals surface area contributed by atoms with Crippen molar-refractivity contribution in [3.05, 3.63) is 193 Å². The van der Waals surface area contributed by atoms with Crippen LogP contribution in [-0.4, -0.2) is 0 Å². The van der Waals surface area contributed by atoms with Crippen LogP contribution in [0.4, 0.5) is 34.1 Å². The molecule has 0 spiro atoms. The van der Waals surface area contributed by atoms with Gasteiger partial charge in [0.1, 0.15) is 22.3 Å². The summed E-state index contributed by atoms with van der Waals surface area (Å²) < 4.78 is 13.3. The summed E-state index contributed by atoms with van der Waals surface area (Å²) >= 11 is 0. The van der Waals surface area contributed by atoms with Gasteiger partial charge in [-0.1, -0.05) is 113 Å². The molecule has 9 aromatic carbocycles. The molecular weight excluding hydrogens is 733 g/mol. The zero-order valence-corrected chi connectivity index (χ0v) is 34.2. The predicted molar refractivity (Wildman–Crippen MR) is 254 cm³/mol. The average Bonchev–Trinajstić information content (AvgIpc) is 3.80. The number of benzene rings is 9. The maximum absolute atomic E-state index is 6.64. The summed E-state index contributed by atoms with van der Waals surface area (Å²) in [7, 11) is 0. The van der Waals surface area contributed by atoms with E-state index < -0.39 is 0 Å². The van der Waals surface area contributed by atoms with Gasteiger partial charge in [0.2, 0.25) is 0 Å². The molecule has 0 atom stereocenters. The van der Waals surface area contributed by atoms with Gasteiger partial charge in [0.05, 0.1) is 0 Å². The Bertz CT molecular complexity index is 3170. The Balaban J connectivity index is 1.01. The van der Waals surface area contributed by atoms with E-state index in [1.165, 1.54) is 33.3 Å². The molecule has 0 saturated heterocycles. The van der Waals surface area contributed by atoms with Crippen LogP contribution >= 0.6 is 0 Å². The fourth-order valence-corrected chi connectivity index (χ4v) is 9.15. The Morgan fingerprint density at radius 1 is 0.317 bits per heavy atom. The molecule has 0 N–H and O–H groups in total. The number of para-hydroxylation sites is 4. The Labute approximate surface area is 349 Å². The quantitative estimate of drug-likeness (QED) is 0.154. The summed E-state index contributed by atoms with van der Waals surface area (Å²) in [5.41, 5.74) is 12.8. The van der Waals surface area contributed by atoms with E-state index in [2.05, 4.69) is 219 Å². The van der Waals surface area contributed by atoms with Crippen LogP contribution in [0.15, 0.2) is 191 Å². The molecule has 0 aliphatic heterocycles. The molecular formula is C56H44N2O2. The molecule has 2 aromatic heterocycles. The van der Waals surface area contributed by atoms with Crippen molar-refractivity contribution in [1.29, 1.82) is 0 Å². The van der Waals surface area contributed by atoms with Crippen molar-refractivity contribution < 1.29 is 8.83 Å². The van der Waals surface area contributed by atoms with Crippen molar-refractivity contribution in [2.24, 2.45) is 0 Å². The minimum atomic E-state index is 0.376. The van der Waals surface area contributed by atoms with Crippen molar-refractivity contribution in [3.63, 3.8) is 0 Å². The molecule has 2 heterocycles. The second-order valence-electron chi connectivity index (χ2n) is 16.6. The monoisotopic (exact) mass is 776 g/mol. The van der Waals surface area contributed by atoms with E-state index in [1.54, 1.807) is 0 Å². The highest BCUT2D eigenvalue weighted by atomic mass is 16.3. The van der Waals surface area contributed by atoms with E-state index in [0.29, 0.717) is 11.8 Å². The van der Waals surface area contributed by atoms with Crippen LogP contribution < -0.4 is 9.80 Å². The molecule has 290 valence electrons. The summed E-state index contributed by atoms with van der Waals surface area (Å²) in [6.45, 7) is 9.03. The third-order valence-corrected chi connectivity index (χ3v) is 12.1. The minimum absolute atomic E-state index is 0.376. The lowest BCUT2D eigenvalue weighted by molar-refractivity contribution is 0.656. The molecule has 11 rings (SSSR count). The van der Waals surface area contributed by atoms with Gasteiger partial charge in [-0.3, -0.25) is 0 Å². The number of hydrogen-bond acceptors (Lipinski definition) is 4. The number of furan rings is 2. The average molecular weight is 777 g/mol. The summed E-state index contributed by atoms with van der Waals surface area (Å²) in [6.07, 6.45) is 0. The van der Waals surface area contributed by atoms with Gasteiger partial charge in [0.25, 0.3) is 0 Å². The van der Waals surface area contributed by atoms with Gasteiger partial charge >= 0.3 is 0 Å². The van der Waals surface area contributed by atoms with Crippen molar-refractivity contribution in [2.45, 2.75) is 39.5 Å². The van der Waals surface area contributed by atoms with Crippen LogP contribution in [0.5, 0.6) is 0 Å². The molecule has 0 saturated carbocycles. The zero-order valence-electron chi connectivity index (χ0n) is 34.2. The predicted octanol–water partition coefficient (Wildman–Crippen LogP) is 17.0. The van der Waals surface area contributed by atoms with Crippen molar-refractivity contribution >= 4 is 99.5 Å². The highest BCUT2D eigenvalue weighted by molar-refractivity contribution is 6.18. The molecule has 0 bridgehead atoms. The van der Waals surface area contributed by atoms with E-state index in [9.17, 15) is 0 Å². The minimum Gasteiger partial charge on any atom is -0.456 e. The summed E-state index contributed by atoms with van der Waals surface area (Å²) in [5, 5.41) is 8.94. The SMILES string of the molecule is CC(C)c1ccccc1N(c1ccccc1)c1ccc2cc3c(cc2c1)oc1cc2oc4cc5cc(N(c6ccccc6)c6ccccc6C(C)C)ccc5cc4c2cc13. The summed E-state index contributed by atoms with van der Waals surface area (Å²) in [6, 6.07) is 65.5. The fraction of sp³-hybridized carbons (Fsp3) is 0.107. The van der Waals surface area contributed by atoms with Gasteiger partial charge in [-0.2, -0.15) is 0 Å². The molecule has 0 aliphatic rings. The third kappa shape index (κ3) is 5.98. The second-order valence-corrected chi connectivity index (χ2v) is 16.6. The van der Waals surface area contributed by atoms with E-state index in [1.807, 2.05) is 0 Å². The Morgan fingerprint density at radius 2 is 0.700 bits per heavy atom. The maximum atomic E-state index is 6.64. The molecule has 4 nitrogen and oxygen atoms in total. The first-order valence-corrected chi connectivity index (χ1v) is 21.0. The number of rotatable bonds is 8. The number of hydrogen-bond donors (Lipinski definition) is 0. The van der Waals surface area contributed by atoms with Crippen LogP contribution in [-0.2, 0) is 0 Å². The lowest BCUT2D eigenvalue weighted by Crippen LogP contribution is -2.12. The fourth-order valence-electron chi connectivity index (χ4n) is 9.15. The first-order valence-electron chi connectivity index (χ1n) is 21.0. The molecule has 0 unspecified atom stereocenters. The van der Waals surface area contributed by atoms with E-state index in [4.69, 9.17) is 8.83 Å². The first-order chi connectivity index (χ1) is 29.4. The highest BCUT2D eigenvalue weighted by Crippen LogP contribution is 2.44. The Morgan fingerprint density at radius 3 is 1.13 bits per heavy atom. The standard InChI is InChI=1S/C56H44N2O2/c1-35(2)45-19-11-13-21-51(45)57(41-15-7-5-8-16-41)43-25-23-37-29-47-49-33-50-48-30-38-24-26-44(58(42-17-9-6-10-18-42)52-22-14-12-20-46(52)36(3)4)28-40(38)32-54(48)60-56(50)34-55(49)59-53(47)31-39(37)27-43/h5-36H,1-4H3. The smallest absolute Gasteiger partial charge is 0.139 e. The highest BCUT2D eigenvalue weighted by Gasteiger charge is 2.21. The van der Waals surface area contributed by atoms with E-state index >= 15 is 0 Å². The van der Waals surface area contributed by atoms with E-state index in [0.717, 1.165) is 77.4 Å². The zero-order chi connectivity index (χ0) is 40.5. The molecule has 11 aromatic rings. The molecule has 0 radical (unpaired) electrons. The van der Waals surface area contributed by atoms with Gasteiger partial charge < -0.3 is 18.6 Å². The Kier molecular flexibility index (Phi) is 8.49. The summed E-state index contributed by atoms with van der Waals surface area (Å²) in [4.78, 5) is 4.74. The molecule has 60 heavy (non-hydrogen) atoms. The van der Waals surface area contributed by atoms with E-state index in [-0.39, 0.29) is 0 Å². The number of fused-ring (bicyclic) bond motifs is 8. The number of nitrogens with zero attached hydrogens (tertiary/aromatic N) is 2. The Hall–Kier alpha value is -7.30. The van der Waals surface area contributed by atoms with Gasteiger partial charge in [-0.15, -0.1) is 0 Å². The third-order valence-electron chi connectivity index (χ3n) is 12.1. The molecule has 0 fully saturated rings. The van der Waals surface area contributed by atoms with Crippen LogP contribution in [0.1, 0.15) is 50.7 Å². The van der Waals surface area contributed by atoms with Gasteiger partial charge in [-0.25, -0.2) is 0 Å². The van der Waals surface area contributed by atoms with Crippen molar-refractivity contribution in [1.82, 2.24) is 0 Å². The number of anilines is 6.